The molecule has 9 nitrogen and oxygen atoms in total. The van der Waals surface area contributed by atoms with Crippen LogP contribution in [0.5, 0.6) is 0 Å². The van der Waals surface area contributed by atoms with Crippen molar-refractivity contribution in [1.82, 2.24) is 0 Å². The molecule has 1 fully saturated rings. The van der Waals surface area contributed by atoms with Crippen LogP contribution in [0, 0.1) is 22.0 Å². The lowest BCUT2D eigenvalue weighted by Gasteiger charge is -2.23. The highest BCUT2D eigenvalue weighted by atomic mass is 17.0. The van der Waals surface area contributed by atoms with Crippen molar-refractivity contribution in [2.75, 3.05) is 6.61 Å². The summed E-state index contributed by atoms with van der Waals surface area (Å²) in [5.41, 5.74) is 1.19. The third kappa shape index (κ3) is 11.2. The summed E-state index contributed by atoms with van der Waals surface area (Å²) in [6.07, 6.45) is 6.69. The maximum atomic E-state index is 11.7. The Kier molecular flexibility index (Phi) is 12.7. The van der Waals surface area contributed by atoms with Crippen molar-refractivity contribution in [2.24, 2.45) is 11.8 Å². The maximum Gasteiger partial charge on any atom is 0.305 e. The molecule has 1 aromatic rings. The van der Waals surface area contributed by atoms with Gasteiger partial charge in [0.05, 0.1) is 18.3 Å². The van der Waals surface area contributed by atoms with Crippen LogP contribution < -0.4 is 0 Å². The van der Waals surface area contributed by atoms with Crippen molar-refractivity contribution >= 4 is 5.97 Å². The van der Waals surface area contributed by atoms with E-state index < -0.39 is 35.5 Å². The number of esters is 1. The van der Waals surface area contributed by atoms with Gasteiger partial charge in [-0.15, -0.1) is 10.1 Å². The number of rotatable bonds is 16. The number of aliphatic hydroxyl groups is 3. The van der Waals surface area contributed by atoms with Gasteiger partial charge in [0.25, 0.3) is 5.09 Å². The summed E-state index contributed by atoms with van der Waals surface area (Å²) in [5.74, 6) is -0.549. The van der Waals surface area contributed by atoms with Crippen LogP contribution in [-0.2, 0) is 20.8 Å². The van der Waals surface area contributed by atoms with Crippen molar-refractivity contribution in [1.29, 1.82) is 0 Å². The molecule has 9 heteroatoms. The predicted octanol–water partition coefficient (Wildman–Crippen LogP) is 3.37. The predicted molar refractivity (Wildman–Crippen MR) is 130 cm³/mol. The first-order valence-corrected chi connectivity index (χ1v) is 12.5. The molecule has 196 valence electrons. The molecular formula is C26H39NO8. The van der Waals surface area contributed by atoms with Gasteiger partial charge in [-0.1, -0.05) is 42.5 Å². The SMILES string of the molecule is CC(COC(=O)CCCC=CC[C@@H]1[C@@H](CC[C@@H](O)CCc2ccccc2)[C@H](O)C[C@@H]1O)O[N+](=O)[O-]. The molecule has 0 spiro atoms. The Balaban J connectivity index is 1.65. The minimum absolute atomic E-state index is 0.0561. The van der Waals surface area contributed by atoms with Crippen LogP contribution in [0.25, 0.3) is 0 Å². The summed E-state index contributed by atoms with van der Waals surface area (Å²) in [6, 6.07) is 10.0. The molecule has 3 N–H and O–H groups in total. The van der Waals surface area contributed by atoms with Gasteiger partial charge >= 0.3 is 5.97 Å². The number of benzene rings is 1. The van der Waals surface area contributed by atoms with E-state index in [0.29, 0.717) is 44.9 Å². The number of hydrogen-bond acceptors (Lipinski definition) is 8. The van der Waals surface area contributed by atoms with Crippen LogP contribution in [0.4, 0.5) is 0 Å². The van der Waals surface area contributed by atoms with Crippen LogP contribution >= 0.6 is 0 Å². The highest BCUT2D eigenvalue weighted by molar-refractivity contribution is 5.69. The van der Waals surface area contributed by atoms with E-state index in [0.717, 1.165) is 6.42 Å². The van der Waals surface area contributed by atoms with E-state index in [1.807, 2.05) is 42.5 Å². The third-order valence-electron chi connectivity index (χ3n) is 6.54. The Morgan fingerprint density at radius 3 is 2.60 bits per heavy atom. The van der Waals surface area contributed by atoms with E-state index in [1.165, 1.54) is 12.5 Å². The van der Waals surface area contributed by atoms with Crippen LogP contribution in [0.2, 0.25) is 0 Å². The fourth-order valence-corrected chi connectivity index (χ4v) is 4.61. The monoisotopic (exact) mass is 493 g/mol. The Hall–Kier alpha value is -2.49. The van der Waals surface area contributed by atoms with Gasteiger partial charge in [0.2, 0.25) is 0 Å². The lowest BCUT2D eigenvalue weighted by atomic mass is 9.85. The lowest BCUT2D eigenvalue weighted by Crippen LogP contribution is -2.23. The van der Waals surface area contributed by atoms with E-state index in [9.17, 15) is 30.2 Å². The van der Waals surface area contributed by atoms with Crippen molar-refractivity contribution in [3.63, 3.8) is 0 Å². The van der Waals surface area contributed by atoms with Gasteiger partial charge < -0.3 is 24.9 Å². The summed E-state index contributed by atoms with van der Waals surface area (Å²) in [6.45, 7) is 1.28. The number of ether oxygens (including phenoxy) is 1. The average molecular weight is 494 g/mol. The second-order valence-corrected chi connectivity index (χ2v) is 9.38. The number of aliphatic hydroxyl groups excluding tert-OH is 3. The smallest absolute Gasteiger partial charge is 0.305 e. The quantitative estimate of drug-likeness (QED) is 0.105. The zero-order valence-corrected chi connectivity index (χ0v) is 20.4. The number of hydrogen-bond donors (Lipinski definition) is 3. The van der Waals surface area contributed by atoms with E-state index >= 15 is 0 Å². The molecule has 1 aromatic carbocycles. The van der Waals surface area contributed by atoms with Gasteiger partial charge in [0, 0.05) is 6.42 Å². The van der Waals surface area contributed by atoms with Crippen molar-refractivity contribution in [3.8, 4) is 0 Å². The Morgan fingerprint density at radius 2 is 1.89 bits per heavy atom. The lowest BCUT2D eigenvalue weighted by molar-refractivity contribution is -0.767. The molecular weight excluding hydrogens is 454 g/mol. The van der Waals surface area contributed by atoms with Crippen LogP contribution in [0.15, 0.2) is 42.5 Å². The van der Waals surface area contributed by atoms with E-state index in [2.05, 4.69) is 4.84 Å². The number of carbonyl (C=O) groups is 1. The molecule has 6 atom stereocenters. The number of carbonyl (C=O) groups excluding carboxylic acids is 1. The molecule has 0 saturated heterocycles. The van der Waals surface area contributed by atoms with Crippen LogP contribution in [-0.4, -0.2) is 57.4 Å². The van der Waals surface area contributed by atoms with Gasteiger partial charge in [-0.3, -0.25) is 4.79 Å². The second kappa shape index (κ2) is 15.5. The van der Waals surface area contributed by atoms with Crippen LogP contribution in [0.3, 0.4) is 0 Å². The topological polar surface area (TPSA) is 139 Å². The molecule has 0 amide bonds. The molecule has 35 heavy (non-hydrogen) atoms. The van der Waals surface area contributed by atoms with E-state index in [1.54, 1.807) is 0 Å². The fraction of sp³-hybridized carbons (Fsp3) is 0.654. The van der Waals surface area contributed by atoms with Crippen molar-refractivity contribution < 1.29 is 34.8 Å². The second-order valence-electron chi connectivity index (χ2n) is 9.38. The Labute approximate surface area is 206 Å². The molecule has 1 aliphatic rings. The largest absolute Gasteiger partial charge is 0.463 e. The Morgan fingerprint density at radius 1 is 1.17 bits per heavy atom. The molecule has 0 heterocycles. The van der Waals surface area contributed by atoms with Crippen molar-refractivity contribution in [3.05, 3.63) is 58.2 Å². The summed E-state index contributed by atoms with van der Waals surface area (Å²) in [4.78, 5) is 26.2. The molecule has 1 unspecified atom stereocenters. The Bertz CT molecular complexity index is 787. The fourth-order valence-electron chi connectivity index (χ4n) is 4.61. The summed E-state index contributed by atoms with van der Waals surface area (Å²) in [5, 5.41) is 40.5. The summed E-state index contributed by atoms with van der Waals surface area (Å²) in [7, 11) is 0. The third-order valence-corrected chi connectivity index (χ3v) is 6.54. The molecule has 2 rings (SSSR count). The highest BCUT2D eigenvalue weighted by Crippen LogP contribution is 2.38. The van der Waals surface area contributed by atoms with Gasteiger partial charge in [0.1, 0.15) is 12.7 Å². The standard InChI is InChI=1S/C26H39NO8/c1-19(35-27(32)33)18-34-26(31)12-8-3-2-7-11-22-23(25(30)17-24(22)29)16-15-21(28)14-13-20-9-5-4-6-10-20/h2,4-7,9-10,19,21-25,28-30H,3,8,11-18H2,1H3/t19?,21-,22+,23+,24-,25+/m0/s1. The normalized spacial score (nSPS) is 23.8. The zero-order valence-electron chi connectivity index (χ0n) is 20.4. The van der Waals surface area contributed by atoms with Gasteiger partial charge in [-0.25, -0.2) is 0 Å². The number of aryl methyl sites for hydroxylation is 1. The summed E-state index contributed by atoms with van der Waals surface area (Å²) < 4.78 is 4.95. The zero-order chi connectivity index (χ0) is 25.6. The van der Waals surface area contributed by atoms with Crippen LogP contribution in [0.1, 0.15) is 63.9 Å². The molecule has 0 radical (unpaired) electrons. The van der Waals surface area contributed by atoms with E-state index in [4.69, 9.17) is 4.74 Å². The maximum absolute atomic E-state index is 11.7. The van der Waals surface area contributed by atoms with E-state index in [-0.39, 0.29) is 24.9 Å². The molecule has 0 aromatic heterocycles. The number of nitrogens with zero attached hydrogens (tertiary/aromatic N) is 1. The van der Waals surface area contributed by atoms with Gasteiger partial charge in [-0.05, 0) is 75.7 Å². The summed E-state index contributed by atoms with van der Waals surface area (Å²) >= 11 is 0. The first kappa shape index (κ1) is 28.7. The molecule has 0 aliphatic heterocycles. The first-order valence-electron chi connectivity index (χ1n) is 12.5. The average Bonchev–Trinajstić information content (AvgIpc) is 3.09. The van der Waals surface area contributed by atoms with Gasteiger partial charge in [0.15, 0.2) is 0 Å². The van der Waals surface area contributed by atoms with Gasteiger partial charge in [-0.2, -0.15) is 0 Å². The molecule has 1 aliphatic carbocycles. The number of unbranched alkanes of at least 4 members (excludes halogenated alkanes) is 1. The molecule has 0 bridgehead atoms. The first-order chi connectivity index (χ1) is 16.8. The minimum Gasteiger partial charge on any atom is -0.463 e. The number of allylic oxidation sites excluding steroid dienone is 2. The molecule has 1 saturated carbocycles. The highest BCUT2D eigenvalue weighted by Gasteiger charge is 2.40. The minimum atomic E-state index is -0.914. The van der Waals surface area contributed by atoms with Crippen molar-refractivity contribution in [2.45, 2.75) is 89.1 Å².